The molecule has 1 saturated heterocycles. The number of benzene rings is 2. The first kappa shape index (κ1) is 21.0. The van der Waals surface area contributed by atoms with Gasteiger partial charge in [-0.25, -0.2) is 4.79 Å². The molecule has 0 saturated carbocycles. The molecule has 9 nitrogen and oxygen atoms in total. The number of fused-ring (bicyclic) bond motifs is 3. The second kappa shape index (κ2) is 8.83. The van der Waals surface area contributed by atoms with E-state index in [4.69, 9.17) is 19.3 Å². The maximum atomic E-state index is 12.4. The van der Waals surface area contributed by atoms with Crippen molar-refractivity contribution in [2.75, 3.05) is 24.4 Å². The average molecular weight is 428 g/mol. The standard InChI is InChI=1S/C22H24N2O7/c1-29-14-5-2-12(3-6-14)23-22(28)24-13-4-7-18-16(8-13)17-9-15(10-20(26)27)30-19(11-25)21(17)31-18/h2-8,15,17,19,21,25H,9-11H2,1H3,(H,26,27)(H2,23,24,28)/t15-,17-,19+,21+/m1/s1. The Kier molecular flexibility index (Phi) is 5.97. The van der Waals surface area contributed by atoms with Crippen LogP contribution in [0.15, 0.2) is 42.5 Å². The number of aliphatic hydroxyl groups excluding tert-OH is 1. The summed E-state index contributed by atoms with van der Waals surface area (Å²) in [6.45, 7) is -0.263. The molecule has 31 heavy (non-hydrogen) atoms. The lowest BCUT2D eigenvalue weighted by atomic mass is 9.84. The minimum Gasteiger partial charge on any atom is -0.497 e. The minimum atomic E-state index is -0.954. The van der Waals surface area contributed by atoms with Crippen LogP contribution in [0.2, 0.25) is 0 Å². The van der Waals surface area contributed by atoms with E-state index in [0.29, 0.717) is 29.3 Å². The molecule has 4 N–H and O–H groups in total. The molecule has 2 amide bonds. The Morgan fingerprint density at radius 1 is 1.13 bits per heavy atom. The fourth-order valence-corrected chi connectivity index (χ4v) is 4.13. The molecule has 2 heterocycles. The number of nitrogens with one attached hydrogen (secondary N) is 2. The topological polar surface area (TPSA) is 126 Å². The van der Waals surface area contributed by atoms with E-state index in [9.17, 15) is 14.7 Å². The smallest absolute Gasteiger partial charge is 0.323 e. The van der Waals surface area contributed by atoms with E-state index in [2.05, 4.69) is 10.6 Å². The number of aliphatic carboxylic acids is 1. The molecular formula is C22H24N2O7. The Bertz CT molecular complexity index is 963. The van der Waals surface area contributed by atoms with E-state index in [1.807, 2.05) is 6.07 Å². The van der Waals surface area contributed by atoms with Crippen molar-refractivity contribution < 1.29 is 34.0 Å². The number of amides is 2. The van der Waals surface area contributed by atoms with Gasteiger partial charge in [-0.05, 0) is 48.9 Å². The Hall–Kier alpha value is -3.30. The number of aliphatic hydroxyl groups is 1. The zero-order chi connectivity index (χ0) is 22.0. The number of ether oxygens (including phenoxy) is 3. The van der Waals surface area contributed by atoms with Crippen molar-refractivity contribution in [1.82, 2.24) is 0 Å². The molecule has 9 heteroatoms. The molecule has 0 aromatic heterocycles. The number of urea groups is 1. The Labute approximate surface area is 178 Å². The zero-order valence-electron chi connectivity index (χ0n) is 16.9. The van der Waals surface area contributed by atoms with Gasteiger partial charge in [-0.15, -0.1) is 0 Å². The van der Waals surface area contributed by atoms with Gasteiger partial charge in [0.1, 0.15) is 23.7 Å². The number of methoxy groups -OCH3 is 1. The normalized spacial score (nSPS) is 23.8. The molecule has 2 aromatic rings. The van der Waals surface area contributed by atoms with Gasteiger partial charge in [0.2, 0.25) is 0 Å². The van der Waals surface area contributed by atoms with E-state index >= 15 is 0 Å². The predicted octanol–water partition coefficient (Wildman–Crippen LogP) is 2.81. The lowest BCUT2D eigenvalue weighted by Gasteiger charge is -2.36. The van der Waals surface area contributed by atoms with Crippen molar-refractivity contribution >= 4 is 23.4 Å². The van der Waals surface area contributed by atoms with Crippen molar-refractivity contribution in [3.63, 3.8) is 0 Å². The van der Waals surface area contributed by atoms with Crippen LogP contribution in [0.1, 0.15) is 24.3 Å². The molecule has 2 aromatic carbocycles. The summed E-state index contributed by atoms with van der Waals surface area (Å²) in [6.07, 6.45) is -1.20. The van der Waals surface area contributed by atoms with Gasteiger partial charge >= 0.3 is 12.0 Å². The monoisotopic (exact) mass is 428 g/mol. The van der Waals surface area contributed by atoms with Gasteiger partial charge < -0.3 is 35.1 Å². The third-order valence-corrected chi connectivity index (χ3v) is 5.51. The molecule has 0 aliphatic carbocycles. The van der Waals surface area contributed by atoms with E-state index in [0.717, 1.165) is 5.56 Å². The summed E-state index contributed by atoms with van der Waals surface area (Å²) in [6, 6.07) is 11.9. The molecule has 164 valence electrons. The number of hydrogen-bond donors (Lipinski definition) is 4. The lowest BCUT2D eigenvalue weighted by molar-refractivity contribution is -0.153. The number of rotatable bonds is 6. The molecule has 0 spiro atoms. The van der Waals surface area contributed by atoms with Gasteiger partial charge in [-0.3, -0.25) is 4.79 Å². The third kappa shape index (κ3) is 4.57. The van der Waals surface area contributed by atoms with Crippen LogP contribution in [0.4, 0.5) is 16.2 Å². The number of carboxylic acid groups (broad SMARTS) is 1. The highest BCUT2D eigenvalue weighted by Crippen LogP contribution is 2.47. The number of anilines is 2. The van der Waals surface area contributed by atoms with Gasteiger partial charge in [0.25, 0.3) is 0 Å². The van der Waals surface area contributed by atoms with Gasteiger partial charge in [-0.2, -0.15) is 0 Å². The zero-order valence-corrected chi connectivity index (χ0v) is 16.9. The van der Waals surface area contributed by atoms with Crippen LogP contribution >= 0.6 is 0 Å². The van der Waals surface area contributed by atoms with Gasteiger partial charge in [0.15, 0.2) is 0 Å². The van der Waals surface area contributed by atoms with Crippen LogP contribution in [0, 0.1) is 0 Å². The molecule has 4 atom stereocenters. The fourth-order valence-electron chi connectivity index (χ4n) is 4.13. The number of hydrogen-bond acceptors (Lipinski definition) is 6. The SMILES string of the molecule is COc1ccc(NC(=O)Nc2ccc3c(c2)[C@H]2C[C@H](CC(=O)O)O[C@@H](CO)[C@H]2O3)cc1. The second-order valence-electron chi connectivity index (χ2n) is 7.56. The molecule has 1 fully saturated rings. The summed E-state index contributed by atoms with van der Waals surface area (Å²) < 4.78 is 16.8. The molecule has 2 aliphatic heterocycles. The second-order valence-corrected chi connectivity index (χ2v) is 7.56. The van der Waals surface area contributed by atoms with Crippen molar-refractivity contribution in [2.45, 2.75) is 37.1 Å². The Morgan fingerprint density at radius 2 is 1.84 bits per heavy atom. The van der Waals surface area contributed by atoms with Gasteiger partial charge in [0, 0.05) is 22.9 Å². The third-order valence-electron chi connectivity index (χ3n) is 5.51. The van der Waals surface area contributed by atoms with Crippen LogP contribution in [-0.4, -0.2) is 54.2 Å². The highest BCUT2D eigenvalue weighted by atomic mass is 16.6. The van der Waals surface area contributed by atoms with E-state index < -0.39 is 30.3 Å². The van der Waals surface area contributed by atoms with Gasteiger partial charge in [-0.1, -0.05) is 0 Å². The average Bonchev–Trinajstić information content (AvgIpc) is 3.11. The van der Waals surface area contributed by atoms with Crippen LogP contribution in [0.5, 0.6) is 11.5 Å². The number of carbonyl (C=O) groups excluding carboxylic acids is 1. The van der Waals surface area contributed by atoms with Crippen molar-refractivity contribution in [2.24, 2.45) is 0 Å². The maximum absolute atomic E-state index is 12.4. The van der Waals surface area contributed by atoms with Crippen LogP contribution in [-0.2, 0) is 9.53 Å². The summed E-state index contributed by atoms with van der Waals surface area (Å²) in [5.41, 5.74) is 2.06. The van der Waals surface area contributed by atoms with E-state index in [1.165, 1.54) is 0 Å². The molecule has 0 radical (unpaired) electrons. The predicted molar refractivity (Wildman–Crippen MR) is 112 cm³/mol. The summed E-state index contributed by atoms with van der Waals surface area (Å²) in [5, 5.41) is 24.4. The van der Waals surface area contributed by atoms with Crippen LogP contribution in [0.25, 0.3) is 0 Å². The first-order valence-corrected chi connectivity index (χ1v) is 9.97. The van der Waals surface area contributed by atoms with Crippen molar-refractivity contribution in [3.8, 4) is 11.5 Å². The quantitative estimate of drug-likeness (QED) is 0.557. The summed E-state index contributed by atoms with van der Waals surface area (Å²) in [4.78, 5) is 23.5. The largest absolute Gasteiger partial charge is 0.497 e. The fraction of sp³-hybridized carbons (Fsp3) is 0.364. The van der Waals surface area contributed by atoms with Gasteiger partial charge in [0.05, 0.1) is 26.2 Å². The Balaban J connectivity index is 1.47. The van der Waals surface area contributed by atoms with Crippen molar-refractivity contribution in [3.05, 3.63) is 48.0 Å². The molecule has 4 rings (SSSR count). The Morgan fingerprint density at radius 3 is 2.52 bits per heavy atom. The summed E-state index contributed by atoms with van der Waals surface area (Å²) in [7, 11) is 1.57. The van der Waals surface area contributed by atoms with Crippen LogP contribution in [0.3, 0.4) is 0 Å². The summed E-state index contributed by atoms with van der Waals surface area (Å²) in [5.74, 6) is 0.258. The molecular weight excluding hydrogens is 404 g/mol. The summed E-state index contributed by atoms with van der Waals surface area (Å²) >= 11 is 0. The van der Waals surface area contributed by atoms with E-state index in [1.54, 1.807) is 43.5 Å². The molecule has 0 unspecified atom stereocenters. The highest BCUT2D eigenvalue weighted by molar-refractivity contribution is 5.99. The number of carboxylic acids is 1. The maximum Gasteiger partial charge on any atom is 0.323 e. The lowest BCUT2D eigenvalue weighted by Crippen LogP contribution is -2.46. The first-order valence-electron chi connectivity index (χ1n) is 9.97. The molecule has 2 aliphatic rings. The van der Waals surface area contributed by atoms with Crippen molar-refractivity contribution in [1.29, 1.82) is 0 Å². The highest BCUT2D eigenvalue weighted by Gasteiger charge is 2.46. The first-order chi connectivity index (χ1) is 15.0. The van der Waals surface area contributed by atoms with E-state index in [-0.39, 0.29) is 18.9 Å². The number of carbonyl (C=O) groups is 2. The van der Waals surface area contributed by atoms with Crippen LogP contribution < -0.4 is 20.1 Å². The minimum absolute atomic E-state index is 0.128. The molecule has 0 bridgehead atoms.